The van der Waals surface area contributed by atoms with Gasteiger partial charge in [-0.3, -0.25) is 4.79 Å². The van der Waals surface area contributed by atoms with Crippen LogP contribution in [0.5, 0.6) is 0 Å². The summed E-state index contributed by atoms with van der Waals surface area (Å²) in [6.07, 6.45) is 0.865. The molecule has 1 aromatic carbocycles. The molecule has 2 rings (SSSR count). The fraction of sp³-hybridized carbons (Fsp3) is 0.462. The van der Waals surface area contributed by atoms with Gasteiger partial charge in [0.15, 0.2) is 0 Å². The molecule has 1 aliphatic rings. The topological polar surface area (TPSA) is 32.3 Å². The molecule has 1 N–H and O–H groups in total. The van der Waals surface area contributed by atoms with Crippen LogP contribution in [0.4, 0.5) is 0 Å². The van der Waals surface area contributed by atoms with E-state index in [0.717, 1.165) is 36.6 Å². The fourth-order valence-electron chi connectivity index (χ4n) is 2.18. The molecule has 1 atom stereocenters. The molecule has 17 heavy (non-hydrogen) atoms. The van der Waals surface area contributed by atoms with E-state index < -0.39 is 0 Å². The van der Waals surface area contributed by atoms with E-state index in [2.05, 4.69) is 5.32 Å². The summed E-state index contributed by atoms with van der Waals surface area (Å²) in [6.45, 7) is 4.04. The Bertz CT molecular complexity index is 408. The summed E-state index contributed by atoms with van der Waals surface area (Å²) >= 11 is 6.13. The summed E-state index contributed by atoms with van der Waals surface area (Å²) in [4.78, 5) is 13.2. The molecule has 0 radical (unpaired) electrons. The molecule has 1 amide bonds. The Morgan fingerprint density at radius 2 is 2.29 bits per heavy atom. The number of piperazine rings is 1. The van der Waals surface area contributed by atoms with Gasteiger partial charge in [-0.1, -0.05) is 29.8 Å². The minimum Gasteiger partial charge on any atom is -0.340 e. The Hall–Kier alpha value is -1.06. The Balaban J connectivity index is 1.99. The summed E-state index contributed by atoms with van der Waals surface area (Å²) in [5, 5.41) is 4.23. The maximum Gasteiger partial charge on any atom is 0.219 e. The van der Waals surface area contributed by atoms with Gasteiger partial charge >= 0.3 is 0 Å². The molecule has 0 spiro atoms. The first-order valence-electron chi connectivity index (χ1n) is 5.89. The van der Waals surface area contributed by atoms with Gasteiger partial charge in [-0.05, 0) is 18.1 Å². The number of carbonyl (C=O) groups excluding carboxylic acids is 1. The smallest absolute Gasteiger partial charge is 0.219 e. The van der Waals surface area contributed by atoms with Gasteiger partial charge in [0.1, 0.15) is 0 Å². The van der Waals surface area contributed by atoms with Crippen LogP contribution < -0.4 is 5.32 Å². The third-order valence-corrected chi connectivity index (χ3v) is 3.49. The highest BCUT2D eigenvalue weighted by molar-refractivity contribution is 6.31. The van der Waals surface area contributed by atoms with Crippen molar-refractivity contribution in [1.29, 1.82) is 0 Å². The molecule has 1 aromatic rings. The molecule has 0 saturated carbocycles. The number of nitrogens with zero attached hydrogens (tertiary/aromatic N) is 1. The monoisotopic (exact) mass is 252 g/mol. The molecule has 1 unspecified atom stereocenters. The van der Waals surface area contributed by atoms with Gasteiger partial charge < -0.3 is 10.2 Å². The van der Waals surface area contributed by atoms with E-state index >= 15 is 0 Å². The SMILES string of the molecule is CC(=O)N1CCNC(Cc2ccccc2Cl)C1. The zero-order chi connectivity index (χ0) is 12.3. The van der Waals surface area contributed by atoms with Crippen molar-refractivity contribution in [2.24, 2.45) is 0 Å². The summed E-state index contributed by atoms with van der Waals surface area (Å²) in [7, 11) is 0. The number of halogens is 1. The maximum atomic E-state index is 11.3. The van der Waals surface area contributed by atoms with Crippen LogP contribution in [-0.4, -0.2) is 36.5 Å². The van der Waals surface area contributed by atoms with Crippen molar-refractivity contribution < 1.29 is 4.79 Å². The highest BCUT2D eigenvalue weighted by Gasteiger charge is 2.21. The van der Waals surface area contributed by atoms with Crippen LogP contribution in [0.3, 0.4) is 0 Å². The molecule has 1 saturated heterocycles. The van der Waals surface area contributed by atoms with E-state index in [4.69, 9.17) is 11.6 Å². The van der Waals surface area contributed by atoms with Crippen LogP contribution >= 0.6 is 11.6 Å². The minimum atomic E-state index is 0.149. The van der Waals surface area contributed by atoms with Gasteiger partial charge in [-0.25, -0.2) is 0 Å². The Morgan fingerprint density at radius 1 is 1.53 bits per heavy atom. The lowest BCUT2D eigenvalue weighted by molar-refractivity contribution is -0.130. The van der Waals surface area contributed by atoms with Gasteiger partial charge in [0.05, 0.1) is 0 Å². The lowest BCUT2D eigenvalue weighted by Gasteiger charge is -2.33. The molecule has 3 nitrogen and oxygen atoms in total. The predicted molar refractivity (Wildman–Crippen MR) is 69.2 cm³/mol. The van der Waals surface area contributed by atoms with Gasteiger partial charge in [-0.15, -0.1) is 0 Å². The van der Waals surface area contributed by atoms with Crippen LogP contribution in [0.15, 0.2) is 24.3 Å². The zero-order valence-corrected chi connectivity index (χ0v) is 10.7. The average Bonchev–Trinajstić information content (AvgIpc) is 2.32. The number of carbonyl (C=O) groups is 1. The summed E-state index contributed by atoms with van der Waals surface area (Å²) in [5.41, 5.74) is 1.14. The second-order valence-electron chi connectivity index (χ2n) is 4.41. The van der Waals surface area contributed by atoms with E-state index in [1.807, 2.05) is 29.2 Å². The van der Waals surface area contributed by atoms with Crippen LogP contribution in [0, 0.1) is 0 Å². The molecule has 0 aromatic heterocycles. The van der Waals surface area contributed by atoms with Crippen molar-refractivity contribution in [3.8, 4) is 0 Å². The van der Waals surface area contributed by atoms with Crippen molar-refractivity contribution >= 4 is 17.5 Å². The zero-order valence-electron chi connectivity index (χ0n) is 9.95. The van der Waals surface area contributed by atoms with E-state index in [-0.39, 0.29) is 5.91 Å². The first-order chi connectivity index (χ1) is 8.16. The van der Waals surface area contributed by atoms with Crippen LogP contribution in [0.1, 0.15) is 12.5 Å². The summed E-state index contributed by atoms with van der Waals surface area (Å²) in [6, 6.07) is 8.17. The van der Waals surface area contributed by atoms with E-state index in [9.17, 15) is 4.79 Å². The average molecular weight is 253 g/mol. The molecular weight excluding hydrogens is 236 g/mol. The van der Waals surface area contributed by atoms with Gasteiger partial charge in [0.2, 0.25) is 5.91 Å². The van der Waals surface area contributed by atoms with Gasteiger partial charge in [0, 0.05) is 37.6 Å². The molecular formula is C13H17ClN2O. The number of rotatable bonds is 2. The third-order valence-electron chi connectivity index (χ3n) is 3.12. The predicted octanol–water partition coefficient (Wildman–Crippen LogP) is 1.70. The fourth-order valence-corrected chi connectivity index (χ4v) is 2.39. The third kappa shape index (κ3) is 3.20. The number of hydrogen-bond donors (Lipinski definition) is 1. The Labute approximate surface area is 107 Å². The Morgan fingerprint density at radius 3 is 3.00 bits per heavy atom. The minimum absolute atomic E-state index is 0.149. The van der Waals surface area contributed by atoms with Crippen molar-refractivity contribution in [1.82, 2.24) is 10.2 Å². The molecule has 0 aliphatic carbocycles. The molecule has 92 valence electrons. The highest BCUT2D eigenvalue weighted by atomic mass is 35.5. The molecule has 0 bridgehead atoms. The maximum absolute atomic E-state index is 11.3. The first kappa shape index (κ1) is 12.4. The van der Waals surface area contributed by atoms with Crippen LogP contribution in [0.2, 0.25) is 5.02 Å². The van der Waals surface area contributed by atoms with E-state index in [1.54, 1.807) is 6.92 Å². The Kier molecular flexibility index (Phi) is 4.02. The van der Waals surface area contributed by atoms with Gasteiger partial charge in [-0.2, -0.15) is 0 Å². The number of amides is 1. The molecule has 1 aliphatic heterocycles. The van der Waals surface area contributed by atoms with Gasteiger partial charge in [0.25, 0.3) is 0 Å². The van der Waals surface area contributed by atoms with Crippen molar-refractivity contribution in [3.05, 3.63) is 34.9 Å². The van der Waals surface area contributed by atoms with Crippen molar-refractivity contribution in [3.63, 3.8) is 0 Å². The lowest BCUT2D eigenvalue weighted by Crippen LogP contribution is -2.52. The van der Waals surface area contributed by atoms with Crippen LogP contribution in [0.25, 0.3) is 0 Å². The normalized spacial score (nSPS) is 20.4. The number of benzene rings is 1. The van der Waals surface area contributed by atoms with Crippen molar-refractivity contribution in [2.75, 3.05) is 19.6 Å². The van der Waals surface area contributed by atoms with Crippen molar-refractivity contribution in [2.45, 2.75) is 19.4 Å². The second kappa shape index (κ2) is 5.52. The lowest BCUT2D eigenvalue weighted by atomic mass is 10.0. The quantitative estimate of drug-likeness (QED) is 0.869. The van der Waals surface area contributed by atoms with Crippen LogP contribution in [-0.2, 0) is 11.2 Å². The summed E-state index contributed by atoms with van der Waals surface area (Å²) in [5.74, 6) is 0.149. The first-order valence-corrected chi connectivity index (χ1v) is 6.27. The van der Waals surface area contributed by atoms with E-state index in [1.165, 1.54) is 0 Å². The number of hydrogen-bond acceptors (Lipinski definition) is 2. The largest absolute Gasteiger partial charge is 0.340 e. The molecule has 1 heterocycles. The van der Waals surface area contributed by atoms with E-state index in [0.29, 0.717) is 6.04 Å². The second-order valence-corrected chi connectivity index (χ2v) is 4.82. The summed E-state index contributed by atoms with van der Waals surface area (Å²) < 4.78 is 0. The standard InChI is InChI=1S/C13H17ClN2O/c1-10(17)16-7-6-15-12(9-16)8-11-4-2-3-5-13(11)14/h2-5,12,15H,6-9H2,1H3. The molecule has 4 heteroatoms. The highest BCUT2D eigenvalue weighted by Crippen LogP contribution is 2.17. The number of nitrogens with one attached hydrogen (secondary N) is 1. The molecule has 1 fully saturated rings.